The van der Waals surface area contributed by atoms with E-state index in [0.717, 1.165) is 12.5 Å². The minimum absolute atomic E-state index is 0.313. The summed E-state index contributed by atoms with van der Waals surface area (Å²) in [6, 6.07) is 0. The fourth-order valence-corrected chi connectivity index (χ4v) is 4.57. The third-order valence-corrected chi connectivity index (χ3v) is 6.22. The van der Waals surface area contributed by atoms with Crippen LogP contribution in [0, 0.1) is 11.3 Å². The summed E-state index contributed by atoms with van der Waals surface area (Å²) in [7, 11) is 0. The highest BCUT2D eigenvalue weighted by atomic mass is 16.3. The van der Waals surface area contributed by atoms with E-state index in [-0.39, 0.29) is 0 Å². The molecule has 3 rings (SSSR count). The first-order chi connectivity index (χ1) is 12.3. The van der Waals surface area contributed by atoms with Gasteiger partial charge >= 0.3 is 0 Å². The number of aliphatic hydroxyl groups excluding tert-OH is 1. The van der Waals surface area contributed by atoms with E-state index < -0.39 is 0 Å². The third-order valence-electron chi connectivity index (χ3n) is 6.22. The number of hydrogen-bond acceptors (Lipinski definition) is 4. The minimum Gasteiger partial charge on any atom is -0.395 e. The van der Waals surface area contributed by atoms with Crippen LogP contribution in [0.15, 0.2) is 0 Å². The zero-order valence-electron chi connectivity index (χ0n) is 17.5. The molecule has 25 heavy (non-hydrogen) atoms. The Kier molecular flexibility index (Phi) is 12.0. The molecule has 0 radical (unpaired) electrons. The van der Waals surface area contributed by atoms with Crippen LogP contribution in [0.4, 0.5) is 0 Å². The highest BCUT2D eigenvalue weighted by molar-refractivity contribution is 4.90. The van der Waals surface area contributed by atoms with Gasteiger partial charge in [-0.05, 0) is 89.1 Å². The van der Waals surface area contributed by atoms with Crippen molar-refractivity contribution in [1.29, 1.82) is 0 Å². The Morgan fingerprint density at radius 1 is 0.840 bits per heavy atom. The Morgan fingerprint density at radius 2 is 1.40 bits per heavy atom. The molecule has 0 aromatic heterocycles. The van der Waals surface area contributed by atoms with Gasteiger partial charge in [0.15, 0.2) is 0 Å². The highest BCUT2D eigenvalue weighted by Crippen LogP contribution is 2.39. The fourth-order valence-electron chi connectivity index (χ4n) is 4.57. The summed E-state index contributed by atoms with van der Waals surface area (Å²) in [5, 5.41) is 12.5. The molecule has 3 aliphatic rings. The molecule has 0 unspecified atom stereocenters. The van der Waals surface area contributed by atoms with Gasteiger partial charge in [-0.15, -0.1) is 0 Å². The molecule has 0 saturated carbocycles. The van der Waals surface area contributed by atoms with Gasteiger partial charge in [-0.25, -0.2) is 0 Å². The molecular weight excluding hydrogens is 310 g/mol. The van der Waals surface area contributed by atoms with Crippen LogP contribution in [-0.2, 0) is 0 Å². The zero-order chi connectivity index (χ0) is 18.5. The van der Waals surface area contributed by atoms with Crippen molar-refractivity contribution < 1.29 is 5.11 Å². The Hall–Kier alpha value is -0.160. The van der Waals surface area contributed by atoms with Gasteiger partial charge in [-0.1, -0.05) is 27.7 Å². The van der Waals surface area contributed by atoms with Crippen LogP contribution < -0.4 is 5.32 Å². The number of likely N-dealkylation sites (tertiary alicyclic amines) is 2. The largest absolute Gasteiger partial charge is 0.395 e. The molecule has 0 amide bonds. The average Bonchev–Trinajstić information content (AvgIpc) is 2.69. The summed E-state index contributed by atoms with van der Waals surface area (Å²) in [5.41, 5.74) is 0.687. The smallest absolute Gasteiger partial charge is 0.0558 e. The molecule has 3 heterocycles. The van der Waals surface area contributed by atoms with Crippen molar-refractivity contribution in [3.8, 4) is 0 Å². The first-order valence-corrected chi connectivity index (χ1v) is 11.1. The second-order valence-corrected chi connectivity index (χ2v) is 7.56. The van der Waals surface area contributed by atoms with Gasteiger partial charge in [-0.2, -0.15) is 0 Å². The van der Waals surface area contributed by atoms with Gasteiger partial charge in [0.2, 0.25) is 0 Å². The van der Waals surface area contributed by atoms with E-state index in [4.69, 9.17) is 5.11 Å². The zero-order valence-corrected chi connectivity index (χ0v) is 17.5. The Balaban J connectivity index is 0.000000730. The van der Waals surface area contributed by atoms with Gasteiger partial charge in [0, 0.05) is 13.1 Å². The fraction of sp³-hybridized carbons (Fsp3) is 1.00. The Labute approximate surface area is 157 Å². The summed E-state index contributed by atoms with van der Waals surface area (Å²) in [6.45, 7) is 18.0. The van der Waals surface area contributed by atoms with Crippen LogP contribution in [0.3, 0.4) is 0 Å². The van der Waals surface area contributed by atoms with Crippen molar-refractivity contribution >= 4 is 0 Å². The first-order valence-electron chi connectivity index (χ1n) is 11.1. The predicted molar refractivity (Wildman–Crippen MR) is 109 cm³/mol. The molecule has 4 heteroatoms. The molecule has 0 aromatic carbocycles. The maximum atomic E-state index is 9.01. The lowest BCUT2D eigenvalue weighted by molar-refractivity contribution is 0.0543. The van der Waals surface area contributed by atoms with Gasteiger partial charge in [0.1, 0.15) is 0 Å². The normalized spacial score (nSPS) is 24.8. The molecule has 0 aromatic rings. The van der Waals surface area contributed by atoms with E-state index in [2.05, 4.69) is 15.1 Å². The Bertz CT molecular complexity index is 300. The van der Waals surface area contributed by atoms with Crippen molar-refractivity contribution in [2.75, 3.05) is 59.0 Å². The van der Waals surface area contributed by atoms with E-state index >= 15 is 0 Å². The molecular formula is C21H45N3O. The number of rotatable bonds is 4. The summed E-state index contributed by atoms with van der Waals surface area (Å²) in [4.78, 5) is 5.15. The van der Waals surface area contributed by atoms with Crippen molar-refractivity contribution in [1.82, 2.24) is 15.1 Å². The molecule has 3 fully saturated rings. The number of β-amino-alcohol motifs (C(OH)–C–C–N with tert-alkyl or cyclic N) is 1. The van der Waals surface area contributed by atoms with Crippen molar-refractivity contribution in [3.63, 3.8) is 0 Å². The lowest BCUT2D eigenvalue weighted by Gasteiger charge is -2.45. The van der Waals surface area contributed by atoms with E-state index in [0.29, 0.717) is 12.0 Å². The third kappa shape index (κ3) is 7.54. The number of hydrogen-bond donors (Lipinski definition) is 2. The predicted octanol–water partition coefficient (Wildman–Crippen LogP) is 3.21. The number of nitrogens with one attached hydrogen (secondary N) is 1. The van der Waals surface area contributed by atoms with Crippen LogP contribution in [0.2, 0.25) is 0 Å². The number of aliphatic hydroxyl groups is 1. The van der Waals surface area contributed by atoms with E-state index in [1.807, 2.05) is 27.7 Å². The van der Waals surface area contributed by atoms with Crippen LogP contribution in [0.5, 0.6) is 0 Å². The van der Waals surface area contributed by atoms with Crippen molar-refractivity contribution in [3.05, 3.63) is 0 Å². The second kappa shape index (κ2) is 13.1. The highest BCUT2D eigenvalue weighted by Gasteiger charge is 2.36. The standard InChI is InChI=1S/C17H33N3O.2C2H6/c21-14-13-19-9-1-16(2-10-19)15-20-11-5-17(6-12-20)3-7-18-8-4-17;2*1-2/h16,18,21H,1-15H2;2*1-2H3. The molecule has 3 saturated heterocycles. The second-order valence-electron chi connectivity index (χ2n) is 7.56. The average molecular weight is 356 g/mol. The van der Waals surface area contributed by atoms with E-state index in [9.17, 15) is 0 Å². The van der Waals surface area contributed by atoms with E-state index in [1.54, 1.807) is 0 Å². The van der Waals surface area contributed by atoms with Crippen LogP contribution in [0.25, 0.3) is 0 Å². The van der Waals surface area contributed by atoms with Gasteiger partial charge in [-0.3, -0.25) is 0 Å². The lowest BCUT2D eigenvalue weighted by atomic mass is 9.71. The van der Waals surface area contributed by atoms with Gasteiger partial charge in [0.25, 0.3) is 0 Å². The molecule has 4 nitrogen and oxygen atoms in total. The van der Waals surface area contributed by atoms with Crippen LogP contribution in [0.1, 0.15) is 66.2 Å². The SMILES string of the molecule is CC.CC.OCCN1CCC(CN2CCC3(CCNCC3)CC2)CC1. The summed E-state index contributed by atoms with van der Waals surface area (Å²) in [5.74, 6) is 0.891. The molecule has 0 bridgehead atoms. The first kappa shape index (κ1) is 22.9. The van der Waals surface area contributed by atoms with Crippen LogP contribution in [-0.4, -0.2) is 73.9 Å². The summed E-state index contributed by atoms with van der Waals surface area (Å²) >= 11 is 0. The monoisotopic (exact) mass is 355 g/mol. The summed E-state index contributed by atoms with van der Waals surface area (Å²) < 4.78 is 0. The maximum Gasteiger partial charge on any atom is 0.0558 e. The van der Waals surface area contributed by atoms with Crippen molar-refractivity contribution in [2.24, 2.45) is 11.3 Å². The minimum atomic E-state index is 0.313. The number of nitrogens with zero attached hydrogens (tertiary/aromatic N) is 2. The lowest BCUT2D eigenvalue weighted by Crippen LogP contribution is -2.47. The van der Waals surface area contributed by atoms with Crippen LogP contribution >= 0.6 is 0 Å². The molecule has 0 aliphatic carbocycles. The number of piperidine rings is 3. The molecule has 3 aliphatic heterocycles. The topological polar surface area (TPSA) is 38.7 Å². The Morgan fingerprint density at radius 3 is 1.92 bits per heavy atom. The molecule has 2 N–H and O–H groups in total. The molecule has 1 spiro atoms. The molecule has 150 valence electrons. The quantitative estimate of drug-likeness (QED) is 0.812. The van der Waals surface area contributed by atoms with Gasteiger partial charge < -0.3 is 20.2 Å². The van der Waals surface area contributed by atoms with Crippen molar-refractivity contribution in [2.45, 2.75) is 66.2 Å². The van der Waals surface area contributed by atoms with E-state index in [1.165, 1.54) is 84.3 Å². The van der Waals surface area contributed by atoms with Gasteiger partial charge in [0.05, 0.1) is 6.61 Å². The maximum absolute atomic E-state index is 9.01. The molecule has 0 atom stereocenters. The summed E-state index contributed by atoms with van der Waals surface area (Å²) in [6.07, 6.45) is 8.31.